The SMILES string of the molecule is O=C(c1ccccc1)N(c1ccc(F)cc1)c1cccc(Cl)c1. The number of halogens is 2. The standard InChI is InChI=1S/C19H13ClFNO/c20-15-7-4-8-18(13-15)22(17-11-9-16(21)10-12-17)19(23)14-5-2-1-3-6-14/h1-13H. The van der Waals surface area contributed by atoms with Crippen LogP contribution < -0.4 is 4.90 Å². The number of benzene rings is 3. The molecule has 0 bridgehead atoms. The number of hydrogen-bond acceptors (Lipinski definition) is 1. The Morgan fingerprint density at radius 1 is 0.826 bits per heavy atom. The van der Waals surface area contributed by atoms with Gasteiger partial charge in [0.15, 0.2) is 0 Å². The Morgan fingerprint density at radius 2 is 1.52 bits per heavy atom. The maximum atomic E-state index is 13.2. The summed E-state index contributed by atoms with van der Waals surface area (Å²) in [5.74, 6) is -0.563. The van der Waals surface area contributed by atoms with Gasteiger partial charge in [-0.3, -0.25) is 9.69 Å². The summed E-state index contributed by atoms with van der Waals surface area (Å²) in [4.78, 5) is 14.4. The molecular weight excluding hydrogens is 313 g/mol. The second-order valence-corrected chi connectivity index (χ2v) is 5.40. The van der Waals surface area contributed by atoms with Crippen LogP contribution in [0.2, 0.25) is 5.02 Å². The van der Waals surface area contributed by atoms with E-state index in [0.717, 1.165) is 0 Å². The molecule has 0 spiro atoms. The molecule has 0 atom stereocenters. The van der Waals surface area contributed by atoms with Crippen LogP contribution in [0, 0.1) is 5.82 Å². The molecule has 0 aliphatic heterocycles. The number of nitrogens with zero attached hydrogens (tertiary/aromatic N) is 1. The molecule has 114 valence electrons. The Hall–Kier alpha value is -2.65. The summed E-state index contributed by atoms with van der Waals surface area (Å²) in [6.45, 7) is 0. The van der Waals surface area contributed by atoms with E-state index in [2.05, 4.69) is 0 Å². The lowest BCUT2D eigenvalue weighted by atomic mass is 10.1. The van der Waals surface area contributed by atoms with Gasteiger partial charge in [-0.05, 0) is 54.6 Å². The molecule has 0 heterocycles. The van der Waals surface area contributed by atoms with Crippen molar-refractivity contribution in [3.63, 3.8) is 0 Å². The van der Waals surface area contributed by atoms with Gasteiger partial charge in [-0.25, -0.2) is 4.39 Å². The Labute approximate surface area is 138 Å². The third-order valence-electron chi connectivity index (χ3n) is 3.38. The summed E-state index contributed by atoms with van der Waals surface area (Å²) >= 11 is 6.05. The van der Waals surface area contributed by atoms with Crippen molar-refractivity contribution < 1.29 is 9.18 Å². The van der Waals surface area contributed by atoms with Gasteiger partial charge in [0.2, 0.25) is 0 Å². The van der Waals surface area contributed by atoms with Gasteiger partial charge < -0.3 is 0 Å². The molecule has 3 aromatic carbocycles. The molecular formula is C19H13ClFNO. The Bertz CT molecular complexity index is 818. The van der Waals surface area contributed by atoms with Crippen LogP contribution >= 0.6 is 11.6 Å². The van der Waals surface area contributed by atoms with Gasteiger partial charge in [0.25, 0.3) is 5.91 Å². The molecule has 2 nitrogen and oxygen atoms in total. The minimum atomic E-state index is -0.355. The van der Waals surface area contributed by atoms with Crippen molar-refractivity contribution in [3.8, 4) is 0 Å². The van der Waals surface area contributed by atoms with Crippen molar-refractivity contribution >= 4 is 28.9 Å². The van der Waals surface area contributed by atoms with E-state index in [1.807, 2.05) is 6.07 Å². The summed E-state index contributed by atoms with van der Waals surface area (Å²) < 4.78 is 13.2. The number of carbonyl (C=O) groups is 1. The highest BCUT2D eigenvalue weighted by molar-refractivity contribution is 6.31. The molecule has 0 N–H and O–H groups in total. The summed E-state index contributed by atoms with van der Waals surface area (Å²) in [7, 11) is 0. The highest BCUT2D eigenvalue weighted by Crippen LogP contribution is 2.29. The fourth-order valence-electron chi connectivity index (χ4n) is 2.30. The van der Waals surface area contributed by atoms with Crippen LogP contribution in [0.3, 0.4) is 0 Å². The summed E-state index contributed by atoms with van der Waals surface area (Å²) in [6.07, 6.45) is 0. The first-order valence-electron chi connectivity index (χ1n) is 7.06. The monoisotopic (exact) mass is 325 g/mol. The minimum absolute atomic E-state index is 0.209. The van der Waals surface area contributed by atoms with Gasteiger partial charge in [-0.1, -0.05) is 35.9 Å². The van der Waals surface area contributed by atoms with Gasteiger partial charge >= 0.3 is 0 Å². The fourth-order valence-corrected chi connectivity index (χ4v) is 2.48. The molecule has 3 rings (SSSR count). The molecule has 0 aliphatic carbocycles. The third kappa shape index (κ3) is 3.41. The van der Waals surface area contributed by atoms with E-state index >= 15 is 0 Å². The molecule has 0 aliphatic rings. The predicted molar refractivity (Wildman–Crippen MR) is 90.8 cm³/mol. The highest BCUT2D eigenvalue weighted by atomic mass is 35.5. The van der Waals surface area contributed by atoms with Crippen LogP contribution in [-0.2, 0) is 0 Å². The lowest BCUT2D eigenvalue weighted by Gasteiger charge is -2.23. The molecule has 0 aromatic heterocycles. The molecule has 4 heteroatoms. The zero-order chi connectivity index (χ0) is 16.2. The normalized spacial score (nSPS) is 10.3. The third-order valence-corrected chi connectivity index (χ3v) is 3.61. The zero-order valence-corrected chi connectivity index (χ0v) is 12.9. The van der Waals surface area contributed by atoms with E-state index in [0.29, 0.717) is 22.0 Å². The average Bonchev–Trinajstić information content (AvgIpc) is 2.58. The first-order valence-corrected chi connectivity index (χ1v) is 7.43. The molecule has 1 amide bonds. The van der Waals surface area contributed by atoms with Crippen LogP contribution in [0.15, 0.2) is 78.9 Å². The van der Waals surface area contributed by atoms with Crippen molar-refractivity contribution in [2.75, 3.05) is 4.90 Å². The van der Waals surface area contributed by atoms with E-state index in [1.54, 1.807) is 60.7 Å². The van der Waals surface area contributed by atoms with E-state index in [-0.39, 0.29) is 11.7 Å². The summed E-state index contributed by atoms with van der Waals surface area (Å²) in [5.41, 5.74) is 1.73. The first-order chi connectivity index (χ1) is 11.1. The van der Waals surface area contributed by atoms with E-state index in [4.69, 9.17) is 11.6 Å². The van der Waals surface area contributed by atoms with Gasteiger partial charge in [0.1, 0.15) is 5.82 Å². The van der Waals surface area contributed by atoms with Crippen molar-refractivity contribution in [3.05, 3.63) is 95.3 Å². The van der Waals surface area contributed by atoms with Crippen molar-refractivity contribution in [2.45, 2.75) is 0 Å². The summed E-state index contributed by atoms with van der Waals surface area (Å²) in [5, 5.41) is 0.524. The Morgan fingerprint density at radius 3 is 2.17 bits per heavy atom. The lowest BCUT2D eigenvalue weighted by Crippen LogP contribution is -2.25. The van der Waals surface area contributed by atoms with Gasteiger partial charge in [0, 0.05) is 16.3 Å². The number of carbonyl (C=O) groups excluding carboxylic acids is 1. The number of amides is 1. The molecule has 23 heavy (non-hydrogen) atoms. The summed E-state index contributed by atoms with van der Waals surface area (Å²) in [6, 6.07) is 21.7. The molecule has 0 fully saturated rings. The van der Waals surface area contributed by atoms with Crippen LogP contribution in [0.1, 0.15) is 10.4 Å². The van der Waals surface area contributed by atoms with E-state index in [9.17, 15) is 9.18 Å². The van der Waals surface area contributed by atoms with Gasteiger partial charge in [0.05, 0.1) is 5.69 Å². The van der Waals surface area contributed by atoms with Crippen molar-refractivity contribution in [2.24, 2.45) is 0 Å². The second-order valence-electron chi connectivity index (χ2n) is 4.96. The maximum Gasteiger partial charge on any atom is 0.262 e. The predicted octanol–water partition coefficient (Wildman–Crippen LogP) is 5.46. The van der Waals surface area contributed by atoms with E-state index < -0.39 is 0 Å². The maximum absolute atomic E-state index is 13.2. The molecule has 0 saturated heterocycles. The number of anilines is 2. The van der Waals surface area contributed by atoms with Crippen molar-refractivity contribution in [1.82, 2.24) is 0 Å². The molecule has 0 saturated carbocycles. The van der Waals surface area contributed by atoms with Crippen molar-refractivity contribution in [1.29, 1.82) is 0 Å². The average molecular weight is 326 g/mol. The van der Waals surface area contributed by atoms with Crippen LogP contribution in [0.4, 0.5) is 15.8 Å². The van der Waals surface area contributed by atoms with Gasteiger partial charge in [-0.2, -0.15) is 0 Å². The highest BCUT2D eigenvalue weighted by Gasteiger charge is 2.19. The second kappa shape index (κ2) is 6.63. The Kier molecular flexibility index (Phi) is 4.40. The Balaban J connectivity index is 2.10. The molecule has 0 unspecified atom stereocenters. The first kappa shape index (κ1) is 15.3. The number of hydrogen-bond donors (Lipinski definition) is 0. The molecule has 3 aromatic rings. The largest absolute Gasteiger partial charge is 0.277 e. The fraction of sp³-hybridized carbons (Fsp3) is 0. The topological polar surface area (TPSA) is 20.3 Å². The minimum Gasteiger partial charge on any atom is -0.277 e. The van der Waals surface area contributed by atoms with Crippen LogP contribution in [0.5, 0.6) is 0 Å². The van der Waals surface area contributed by atoms with Crippen LogP contribution in [0.25, 0.3) is 0 Å². The van der Waals surface area contributed by atoms with Crippen LogP contribution in [-0.4, -0.2) is 5.91 Å². The van der Waals surface area contributed by atoms with Gasteiger partial charge in [-0.15, -0.1) is 0 Å². The quantitative estimate of drug-likeness (QED) is 0.626. The smallest absolute Gasteiger partial charge is 0.262 e. The zero-order valence-electron chi connectivity index (χ0n) is 12.1. The lowest BCUT2D eigenvalue weighted by molar-refractivity contribution is 0.0999. The number of rotatable bonds is 3. The van der Waals surface area contributed by atoms with E-state index in [1.165, 1.54) is 17.0 Å². The molecule has 0 radical (unpaired) electrons.